The van der Waals surface area contributed by atoms with Crippen molar-refractivity contribution in [3.63, 3.8) is 0 Å². The molecule has 5 nitrogen and oxygen atoms in total. The van der Waals surface area contributed by atoms with Crippen molar-refractivity contribution in [1.29, 1.82) is 0 Å². The number of carbonyl (C=O) groups is 1. The molecule has 2 aromatic carbocycles. The van der Waals surface area contributed by atoms with Crippen LogP contribution in [-0.4, -0.2) is 21.7 Å². The monoisotopic (exact) mass is 352 g/mol. The molecular formula is C16H17ClN2O3S. The molecule has 0 bridgehead atoms. The Kier molecular flexibility index (Phi) is 5.90. The van der Waals surface area contributed by atoms with Gasteiger partial charge in [-0.1, -0.05) is 17.7 Å². The first kappa shape index (κ1) is 17.6. The second-order valence-electron chi connectivity index (χ2n) is 5.11. The summed E-state index contributed by atoms with van der Waals surface area (Å²) in [6, 6.07) is 11.1. The van der Waals surface area contributed by atoms with Gasteiger partial charge in [0.2, 0.25) is 0 Å². The normalized spacial score (nSPS) is 13.4. The van der Waals surface area contributed by atoms with Crippen LogP contribution in [0.4, 0.5) is 5.69 Å². The van der Waals surface area contributed by atoms with Crippen molar-refractivity contribution in [2.24, 2.45) is 5.73 Å². The minimum atomic E-state index is -1.47. The molecule has 2 rings (SSSR count). The largest absolute Gasteiger partial charge is 0.588 e. The third-order valence-electron chi connectivity index (χ3n) is 3.35. The van der Waals surface area contributed by atoms with Crippen LogP contribution in [0.1, 0.15) is 11.1 Å². The first-order valence-electron chi connectivity index (χ1n) is 6.88. The highest BCUT2D eigenvalue weighted by Crippen LogP contribution is 2.21. The lowest BCUT2D eigenvalue weighted by Crippen LogP contribution is -2.32. The van der Waals surface area contributed by atoms with Gasteiger partial charge in [-0.05, 0) is 60.9 Å². The van der Waals surface area contributed by atoms with Gasteiger partial charge in [0.15, 0.2) is 4.90 Å². The zero-order valence-corrected chi connectivity index (χ0v) is 14.0. The molecule has 0 spiro atoms. The van der Waals surface area contributed by atoms with Crippen LogP contribution in [-0.2, 0) is 22.6 Å². The Morgan fingerprint density at radius 1 is 1.35 bits per heavy atom. The number of aryl methyl sites for hydroxylation is 1. The number of hydrogen-bond acceptors (Lipinski definition) is 4. The Morgan fingerprint density at radius 3 is 2.61 bits per heavy atom. The highest BCUT2D eigenvalue weighted by Gasteiger charge is 2.17. The Hall–Kier alpha value is -1.73. The molecule has 2 aromatic rings. The van der Waals surface area contributed by atoms with E-state index in [2.05, 4.69) is 4.72 Å². The van der Waals surface area contributed by atoms with E-state index < -0.39 is 23.4 Å². The molecular weight excluding hydrogens is 336 g/mol. The van der Waals surface area contributed by atoms with Crippen LogP contribution in [0.2, 0.25) is 5.02 Å². The lowest BCUT2D eigenvalue weighted by atomic mass is 10.0. The molecule has 0 aliphatic carbocycles. The maximum atomic E-state index is 12.4. The number of nitrogens with two attached hydrogens (primary N) is 1. The van der Waals surface area contributed by atoms with Crippen molar-refractivity contribution in [1.82, 2.24) is 0 Å². The molecule has 2 atom stereocenters. The van der Waals surface area contributed by atoms with Crippen LogP contribution < -0.4 is 10.5 Å². The van der Waals surface area contributed by atoms with Gasteiger partial charge in [0.25, 0.3) is 0 Å². The molecule has 4 N–H and O–H groups in total. The lowest BCUT2D eigenvalue weighted by molar-refractivity contribution is -0.138. The number of carboxylic acid groups (broad SMARTS) is 1. The smallest absolute Gasteiger partial charge is 0.320 e. The van der Waals surface area contributed by atoms with Crippen molar-refractivity contribution < 1.29 is 14.5 Å². The third kappa shape index (κ3) is 4.87. The summed E-state index contributed by atoms with van der Waals surface area (Å²) < 4.78 is 15.3. The van der Waals surface area contributed by atoms with Gasteiger partial charge in [-0.3, -0.25) is 4.79 Å². The van der Waals surface area contributed by atoms with Gasteiger partial charge >= 0.3 is 5.97 Å². The van der Waals surface area contributed by atoms with Gasteiger partial charge in [-0.2, -0.15) is 0 Å². The van der Waals surface area contributed by atoms with Gasteiger partial charge in [0.05, 0.1) is 5.69 Å². The zero-order chi connectivity index (χ0) is 17.0. The predicted molar refractivity (Wildman–Crippen MR) is 92.0 cm³/mol. The number of benzene rings is 2. The van der Waals surface area contributed by atoms with E-state index in [4.69, 9.17) is 22.4 Å². The molecule has 7 heteroatoms. The van der Waals surface area contributed by atoms with Crippen molar-refractivity contribution in [3.8, 4) is 0 Å². The van der Waals surface area contributed by atoms with Gasteiger partial charge in [-0.15, -0.1) is 0 Å². The second-order valence-corrected chi connectivity index (χ2v) is 6.76. The Bertz CT molecular complexity index is 694. The van der Waals surface area contributed by atoms with Gasteiger partial charge in [0, 0.05) is 5.02 Å². The van der Waals surface area contributed by atoms with Crippen LogP contribution in [0.3, 0.4) is 0 Å². The Labute approximate surface area is 142 Å². The Morgan fingerprint density at radius 2 is 2.00 bits per heavy atom. The molecule has 0 aliphatic heterocycles. The first-order valence-corrected chi connectivity index (χ1v) is 8.41. The molecule has 0 aliphatic rings. The SMILES string of the molecule is Cc1ccc([S+]([O-])Nc2ccc(Cl)cc2)cc1C[C@H](N)C(=O)O. The molecule has 0 aromatic heterocycles. The summed E-state index contributed by atoms with van der Waals surface area (Å²) in [5.74, 6) is -1.06. The average Bonchev–Trinajstić information content (AvgIpc) is 2.51. The number of carboxylic acids is 1. The standard InChI is InChI=1S/C16H17ClN2O3S/c1-10-2-7-14(8-11(10)9-15(18)16(20)21)23(22)19-13-5-3-12(17)4-6-13/h2-8,15,19H,9,18H2,1H3,(H,20,21)/t15-,23?/m0/s1. The van der Waals surface area contributed by atoms with Crippen molar-refractivity contribution in [3.05, 3.63) is 58.6 Å². The summed E-state index contributed by atoms with van der Waals surface area (Å²) in [5, 5.41) is 9.52. The van der Waals surface area contributed by atoms with Crippen LogP contribution in [0.5, 0.6) is 0 Å². The van der Waals surface area contributed by atoms with Crippen molar-refractivity contribution in [2.45, 2.75) is 24.3 Å². The fourth-order valence-corrected chi connectivity index (χ4v) is 3.03. The molecule has 0 saturated heterocycles. The molecule has 0 fully saturated rings. The predicted octanol–water partition coefficient (Wildman–Crippen LogP) is 2.74. The van der Waals surface area contributed by atoms with Gasteiger partial charge in [-0.25, -0.2) is 4.72 Å². The third-order valence-corrected chi connectivity index (χ3v) is 4.70. The Balaban J connectivity index is 2.15. The summed E-state index contributed by atoms with van der Waals surface area (Å²) in [5.41, 5.74) is 7.93. The maximum Gasteiger partial charge on any atom is 0.320 e. The molecule has 0 radical (unpaired) electrons. The van der Waals surface area contributed by atoms with E-state index in [1.165, 1.54) is 0 Å². The molecule has 0 amide bonds. The second kappa shape index (κ2) is 7.70. The average molecular weight is 353 g/mol. The minimum absolute atomic E-state index is 0.188. The van der Waals surface area contributed by atoms with Crippen LogP contribution in [0.25, 0.3) is 0 Å². The number of rotatable bonds is 6. The lowest BCUT2D eigenvalue weighted by Gasteiger charge is -2.14. The summed E-state index contributed by atoms with van der Waals surface area (Å²) in [7, 11) is 0. The molecule has 0 heterocycles. The number of anilines is 1. The number of aliphatic carboxylic acids is 1. The molecule has 122 valence electrons. The fourth-order valence-electron chi connectivity index (χ4n) is 1.99. The number of nitrogens with one attached hydrogen (secondary N) is 1. The van der Waals surface area contributed by atoms with Crippen LogP contribution in [0, 0.1) is 6.92 Å². The van der Waals surface area contributed by atoms with E-state index in [0.717, 1.165) is 11.1 Å². The minimum Gasteiger partial charge on any atom is -0.588 e. The zero-order valence-electron chi connectivity index (χ0n) is 12.5. The number of hydrogen-bond donors (Lipinski definition) is 3. The van der Waals surface area contributed by atoms with Crippen molar-refractivity contribution >= 4 is 34.6 Å². The van der Waals surface area contributed by atoms with Crippen molar-refractivity contribution in [2.75, 3.05) is 4.72 Å². The van der Waals surface area contributed by atoms with E-state index in [0.29, 0.717) is 15.6 Å². The maximum absolute atomic E-state index is 12.4. The van der Waals surface area contributed by atoms with Crippen LogP contribution in [0.15, 0.2) is 47.4 Å². The van der Waals surface area contributed by atoms with Gasteiger partial charge in [0.1, 0.15) is 17.4 Å². The highest BCUT2D eigenvalue weighted by atomic mass is 35.5. The van der Waals surface area contributed by atoms with E-state index in [-0.39, 0.29) is 6.42 Å². The molecule has 23 heavy (non-hydrogen) atoms. The highest BCUT2D eigenvalue weighted by molar-refractivity contribution is 7.92. The summed E-state index contributed by atoms with van der Waals surface area (Å²) in [4.78, 5) is 11.4. The number of halogens is 1. The summed E-state index contributed by atoms with van der Waals surface area (Å²) in [6.07, 6.45) is 0.188. The topological polar surface area (TPSA) is 98.4 Å². The quantitative estimate of drug-likeness (QED) is 0.694. The van der Waals surface area contributed by atoms with E-state index >= 15 is 0 Å². The summed E-state index contributed by atoms with van der Waals surface area (Å²) in [6.45, 7) is 1.86. The van der Waals surface area contributed by atoms with Crippen LogP contribution >= 0.6 is 11.6 Å². The van der Waals surface area contributed by atoms with E-state index in [9.17, 15) is 9.35 Å². The van der Waals surface area contributed by atoms with Gasteiger partial charge < -0.3 is 15.4 Å². The first-order chi connectivity index (χ1) is 10.9. The van der Waals surface area contributed by atoms with E-state index in [1.807, 2.05) is 6.92 Å². The summed E-state index contributed by atoms with van der Waals surface area (Å²) >= 11 is 4.35. The fraction of sp³-hybridized carbons (Fsp3) is 0.188. The molecule has 0 saturated carbocycles. The van der Waals surface area contributed by atoms with E-state index in [1.54, 1.807) is 42.5 Å². The molecule has 1 unspecified atom stereocenters.